The highest BCUT2D eigenvalue weighted by Crippen LogP contribution is 2.23. The molecular formula is C16H21NO3. The first kappa shape index (κ1) is 14.6. The molecule has 2 rings (SSSR count). The monoisotopic (exact) mass is 275 g/mol. The van der Waals surface area contributed by atoms with Gasteiger partial charge in [-0.1, -0.05) is 18.2 Å². The smallest absolute Gasteiger partial charge is 0.303 e. The summed E-state index contributed by atoms with van der Waals surface area (Å²) in [6.07, 6.45) is 1.78. The van der Waals surface area contributed by atoms with E-state index in [1.165, 1.54) is 0 Å². The zero-order valence-corrected chi connectivity index (χ0v) is 12.1. The van der Waals surface area contributed by atoms with Gasteiger partial charge in [-0.2, -0.15) is 0 Å². The fraction of sp³-hybridized carbons (Fsp3) is 0.500. The van der Waals surface area contributed by atoms with Crippen LogP contribution in [-0.4, -0.2) is 35.0 Å². The van der Waals surface area contributed by atoms with Crippen LogP contribution in [0.1, 0.15) is 40.7 Å². The Labute approximate surface area is 119 Å². The lowest BCUT2D eigenvalue weighted by Gasteiger charge is -2.32. The Hall–Kier alpha value is -1.84. The number of rotatable bonds is 3. The van der Waals surface area contributed by atoms with Crippen LogP contribution >= 0.6 is 0 Å². The number of aryl methyl sites for hydroxylation is 2. The molecule has 0 unspecified atom stereocenters. The van der Waals surface area contributed by atoms with E-state index in [9.17, 15) is 9.59 Å². The maximum absolute atomic E-state index is 12.6. The summed E-state index contributed by atoms with van der Waals surface area (Å²) in [5.74, 6) is -0.464. The number of carboxylic acids is 1. The van der Waals surface area contributed by atoms with Gasteiger partial charge in [-0.3, -0.25) is 9.59 Å². The van der Waals surface area contributed by atoms with E-state index in [1.807, 2.05) is 36.9 Å². The molecule has 1 heterocycles. The van der Waals surface area contributed by atoms with E-state index in [1.54, 1.807) is 0 Å². The van der Waals surface area contributed by atoms with Crippen LogP contribution in [0.3, 0.4) is 0 Å². The zero-order valence-electron chi connectivity index (χ0n) is 12.1. The molecule has 0 saturated carbocycles. The van der Waals surface area contributed by atoms with E-state index in [2.05, 4.69) is 0 Å². The molecule has 20 heavy (non-hydrogen) atoms. The number of carbonyl (C=O) groups is 2. The summed E-state index contributed by atoms with van der Waals surface area (Å²) in [4.78, 5) is 25.1. The number of hydrogen-bond acceptors (Lipinski definition) is 2. The second kappa shape index (κ2) is 6.07. The summed E-state index contributed by atoms with van der Waals surface area (Å²) < 4.78 is 0. The molecule has 0 radical (unpaired) electrons. The Bertz CT molecular complexity index is 496. The molecule has 0 atom stereocenters. The van der Waals surface area contributed by atoms with Crippen molar-refractivity contribution >= 4 is 11.9 Å². The molecule has 4 heteroatoms. The summed E-state index contributed by atoms with van der Waals surface area (Å²) in [6.45, 7) is 5.23. The number of piperidine rings is 1. The van der Waals surface area contributed by atoms with Crippen LogP contribution in [0.25, 0.3) is 0 Å². The van der Waals surface area contributed by atoms with E-state index in [-0.39, 0.29) is 18.2 Å². The first-order valence-corrected chi connectivity index (χ1v) is 7.06. The third kappa shape index (κ3) is 3.18. The second-order valence-corrected chi connectivity index (χ2v) is 5.60. The van der Waals surface area contributed by atoms with E-state index in [0.717, 1.165) is 29.5 Å². The van der Waals surface area contributed by atoms with Gasteiger partial charge >= 0.3 is 5.97 Å². The largest absolute Gasteiger partial charge is 0.481 e. The number of carbonyl (C=O) groups excluding carboxylic acids is 1. The molecule has 0 bridgehead atoms. The van der Waals surface area contributed by atoms with Crippen molar-refractivity contribution in [3.63, 3.8) is 0 Å². The Kier molecular flexibility index (Phi) is 4.42. The Morgan fingerprint density at radius 2 is 1.75 bits per heavy atom. The third-order valence-electron chi connectivity index (χ3n) is 4.06. The van der Waals surface area contributed by atoms with E-state index in [4.69, 9.17) is 5.11 Å². The highest BCUT2D eigenvalue weighted by atomic mass is 16.4. The normalized spacial score (nSPS) is 16.2. The maximum Gasteiger partial charge on any atom is 0.303 e. The molecule has 1 aromatic carbocycles. The van der Waals surface area contributed by atoms with Gasteiger partial charge in [0.2, 0.25) is 0 Å². The molecule has 0 aromatic heterocycles. The number of aliphatic carboxylic acids is 1. The van der Waals surface area contributed by atoms with Gasteiger partial charge in [-0.05, 0) is 43.7 Å². The molecule has 1 aliphatic rings. The summed E-state index contributed by atoms with van der Waals surface area (Å²) >= 11 is 0. The van der Waals surface area contributed by atoms with Crippen LogP contribution in [0.2, 0.25) is 0 Å². The van der Waals surface area contributed by atoms with Crippen LogP contribution < -0.4 is 0 Å². The van der Waals surface area contributed by atoms with Gasteiger partial charge in [0.05, 0.1) is 0 Å². The predicted octanol–water partition coefficient (Wildman–Crippen LogP) is 2.63. The second-order valence-electron chi connectivity index (χ2n) is 5.60. The van der Waals surface area contributed by atoms with E-state index < -0.39 is 5.97 Å². The fourth-order valence-electron chi connectivity index (χ4n) is 2.90. The molecule has 108 valence electrons. The van der Waals surface area contributed by atoms with Gasteiger partial charge in [0, 0.05) is 25.1 Å². The predicted molar refractivity (Wildman–Crippen MR) is 76.8 cm³/mol. The van der Waals surface area contributed by atoms with Crippen molar-refractivity contribution in [1.29, 1.82) is 0 Å². The van der Waals surface area contributed by atoms with Gasteiger partial charge in [-0.25, -0.2) is 0 Å². The van der Waals surface area contributed by atoms with Gasteiger partial charge in [-0.15, -0.1) is 0 Å². The van der Waals surface area contributed by atoms with Crippen molar-refractivity contribution in [3.8, 4) is 0 Å². The summed E-state index contributed by atoms with van der Waals surface area (Å²) in [6, 6.07) is 5.87. The van der Waals surface area contributed by atoms with Gasteiger partial charge < -0.3 is 10.0 Å². The molecule has 4 nitrogen and oxygen atoms in total. The Balaban J connectivity index is 2.04. The van der Waals surface area contributed by atoms with Crippen molar-refractivity contribution in [2.45, 2.75) is 33.1 Å². The van der Waals surface area contributed by atoms with E-state index >= 15 is 0 Å². The first-order valence-electron chi connectivity index (χ1n) is 7.06. The van der Waals surface area contributed by atoms with Gasteiger partial charge in [0.15, 0.2) is 0 Å². The van der Waals surface area contributed by atoms with Crippen LogP contribution in [-0.2, 0) is 4.79 Å². The number of benzene rings is 1. The van der Waals surface area contributed by atoms with Crippen molar-refractivity contribution < 1.29 is 14.7 Å². The fourth-order valence-corrected chi connectivity index (χ4v) is 2.90. The Morgan fingerprint density at radius 1 is 1.20 bits per heavy atom. The molecule has 0 aliphatic carbocycles. The molecule has 1 aliphatic heterocycles. The van der Waals surface area contributed by atoms with Crippen molar-refractivity contribution in [1.82, 2.24) is 4.90 Å². The highest BCUT2D eigenvalue weighted by Gasteiger charge is 2.26. The summed E-state index contributed by atoms with van der Waals surface area (Å²) in [5, 5.41) is 8.81. The van der Waals surface area contributed by atoms with Crippen LogP contribution in [0.4, 0.5) is 0 Å². The standard InChI is InChI=1S/C16H21NO3/c1-11-4-3-5-12(2)15(11)16(20)17-8-6-13(7-9-17)10-14(18)19/h3-5,13H,6-10H2,1-2H3,(H,18,19). The molecule has 1 amide bonds. The number of amides is 1. The highest BCUT2D eigenvalue weighted by molar-refractivity contribution is 5.97. The topological polar surface area (TPSA) is 57.6 Å². The van der Waals surface area contributed by atoms with Crippen LogP contribution in [0.15, 0.2) is 18.2 Å². The number of carboxylic acid groups (broad SMARTS) is 1. The summed E-state index contributed by atoms with van der Waals surface area (Å²) in [7, 11) is 0. The molecule has 0 spiro atoms. The first-order chi connectivity index (χ1) is 9.49. The van der Waals surface area contributed by atoms with Crippen molar-refractivity contribution in [2.24, 2.45) is 5.92 Å². The SMILES string of the molecule is Cc1cccc(C)c1C(=O)N1CCC(CC(=O)O)CC1. The minimum Gasteiger partial charge on any atom is -0.481 e. The van der Waals surface area contributed by atoms with Crippen LogP contribution in [0.5, 0.6) is 0 Å². The lowest BCUT2D eigenvalue weighted by Crippen LogP contribution is -2.39. The maximum atomic E-state index is 12.6. The summed E-state index contributed by atoms with van der Waals surface area (Å²) in [5.41, 5.74) is 2.80. The average Bonchev–Trinajstić information content (AvgIpc) is 2.38. The zero-order chi connectivity index (χ0) is 14.7. The average molecular weight is 275 g/mol. The number of likely N-dealkylation sites (tertiary alicyclic amines) is 1. The Morgan fingerprint density at radius 3 is 2.25 bits per heavy atom. The van der Waals surface area contributed by atoms with Crippen molar-refractivity contribution in [2.75, 3.05) is 13.1 Å². The van der Waals surface area contributed by atoms with E-state index in [0.29, 0.717) is 13.1 Å². The lowest BCUT2D eigenvalue weighted by atomic mass is 9.92. The van der Waals surface area contributed by atoms with Gasteiger partial charge in [0.25, 0.3) is 5.91 Å². The van der Waals surface area contributed by atoms with Crippen LogP contribution in [0, 0.1) is 19.8 Å². The van der Waals surface area contributed by atoms with Crippen molar-refractivity contribution in [3.05, 3.63) is 34.9 Å². The lowest BCUT2D eigenvalue weighted by molar-refractivity contribution is -0.138. The third-order valence-corrected chi connectivity index (χ3v) is 4.06. The molecule has 1 N–H and O–H groups in total. The minimum atomic E-state index is -0.746. The minimum absolute atomic E-state index is 0.0781. The quantitative estimate of drug-likeness (QED) is 0.922. The molecular weight excluding hydrogens is 254 g/mol. The molecule has 1 fully saturated rings. The number of hydrogen-bond donors (Lipinski definition) is 1. The molecule has 1 saturated heterocycles. The van der Waals surface area contributed by atoms with Gasteiger partial charge in [0.1, 0.15) is 0 Å². The molecule has 1 aromatic rings. The number of nitrogens with zero attached hydrogens (tertiary/aromatic N) is 1.